The maximum Gasteiger partial charge on any atom is 0.191 e. The Morgan fingerprint density at radius 2 is 1.96 bits per heavy atom. The maximum absolute atomic E-state index is 5.83. The summed E-state index contributed by atoms with van der Waals surface area (Å²) in [5.74, 6) is 1.70. The van der Waals surface area contributed by atoms with Crippen molar-refractivity contribution in [1.29, 1.82) is 0 Å². The van der Waals surface area contributed by atoms with Gasteiger partial charge in [-0.2, -0.15) is 0 Å². The molecule has 1 aromatic carbocycles. The molecule has 2 aromatic heterocycles. The largest absolute Gasteiger partial charge is 0.363 e. The Balaban J connectivity index is 1.64. The summed E-state index contributed by atoms with van der Waals surface area (Å²) in [6.45, 7) is 1.41. The summed E-state index contributed by atoms with van der Waals surface area (Å²) in [5, 5.41) is 8.39. The summed E-state index contributed by atoms with van der Waals surface area (Å²) in [5.41, 5.74) is 3.30. The third kappa shape index (κ3) is 5.10. The summed E-state index contributed by atoms with van der Waals surface area (Å²) in [7, 11) is 5.77. The Hall–Kier alpha value is -2.86. The molecule has 0 bridgehead atoms. The molecule has 0 aliphatic heterocycles. The molecule has 2 N–H and O–H groups in total. The Kier molecular flexibility index (Phi) is 6.66. The van der Waals surface area contributed by atoms with Gasteiger partial charge in [-0.1, -0.05) is 35.9 Å². The van der Waals surface area contributed by atoms with Crippen LogP contribution in [0.25, 0.3) is 10.9 Å². The molecule has 146 valence electrons. The van der Waals surface area contributed by atoms with E-state index in [1.807, 2.05) is 43.3 Å². The molecule has 28 heavy (non-hydrogen) atoms. The first-order chi connectivity index (χ1) is 13.6. The van der Waals surface area contributed by atoms with Gasteiger partial charge in [0.15, 0.2) is 5.96 Å². The van der Waals surface area contributed by atoms with Crippen LogP contribution in [0.5, 0.6) is 0 Å². The second-order valence-corrected chi connectivity index (χ2v) is 7.03. The summed E-state index contributed by atoms with van der Waals surface area (Å²) >= 11 is 5.83. The molecule has 0 saturated carbocycles. The van der Waals surface area contributed by atoms with Crippen molar-refractivity contribution < 1.29 is 0 Å². The van der Waals surface area contributed by atoms with Crippen LogP contribution in [-0.2, 0) is 13.0 Å². The van der Waals surface area contributed by atoms with Crippen LogP contribution in [0, 0.1) is 0 Å². The number of aromatic nitrogens is 2. The number of benzene rings is 1. The quantitative estimate of drug-likeness (QED) is 0.380. The molecule has 0 fully saturated rings. The van der Waals surface area contributed by atoms with Gasteiger partial charge in [-0.3, -0.25) is 4.99 Å². The monoisotopic (exact) mass is 396 g/mol. The van der Waals surface area contributed by atoms with E-state index in [4.69, 9.17) is 16.6 Å². The van der Waals surface area contributed by atoms with E-state index in [2.05, 4.69) is 32.7 Å². The number of aliphatic imine (C=N–C) groups is 1. The zero-order valence-electron chi connectivity index (χ0n) is 16.4. The van der Waals surface area contributed by atoms with Crippen molar-refractivity contribution >= 4 is 34.3 Å². The van der Waals surface area contributed by atoms with E-state index in [-0.39, 0.29) is 0 Å². The molecule has 7 heteroatoms. The highest BCUT2D eigenvalue weighted by Gasteiger charge is 2.08. The number of para-hydroxylation sites is 1. The molecule has 0 saturated heterocycles. The second kappa shape index (κ2) is 9.37. The van der Waals surface area contributed by atoms with E-state index in [1.165, 1.54) is 5.56 Å². The number of pyridine rings is 2. The first kappa shape index (κ1) is 19.9. The first-order valence-corrected chi connectivity index (χ1v) is 9.55. The molecule has 0 aliphatic carbocycles. The van der Waals surface area contributed by atoms with Crippen molar-refractivity contribution in [3.8, 4) is 0 Å². The molecule has 3 aromatic rings. The lowest BCUT2D eigenvalue weighted by atomic mass is 10.1. The highest BCUT2D eigenvalue weighted by molar-refractivity contribution is 6.29. The van der Waals surface area contributed by atoms with Gasteiger partial charge in [-0.05, 0) is 35.7 Å². The molecule has 0 spiro atoms. The number of guanidine groups is 1. The molecule has 0 amide bonds. The molecule has 6 nitrogen and oxygen atoms in total. The predicted octanol–water partition coefficient (Wildman–Crippen LogP) is 3.26. The smallest absolute Gasteiger partial charge is 0.191 e. The van der Waals surface area contributed by atoms with Gasteiger partial charge in [0.1, 0.15) is 11.0 Å². The van der Waals surface area contributed by atoms with Crippen LogP contribution in [0.3, 0.4) is 0 Å². The highest BCUT2D eigenvalue weighted by atomic mass is 35.5. The number of nitrogens with one attached hydrogen (secondary N) is 2. The second-order valence-electron chi connectivity index (χ2n) is 6.64. The molecule has 0 aliphatic rings. The van der Waals surface area contributed by atoms with Crippen LogP contribution in [0.2, 0.25) is 5.15 Å². The van der Waals surface area contributed by atoms with Crippen molar-refractivity contribution in [2.24, 2.45) is 4.99 Å². The number of nitrogens with zero attached hydrogens (tertiary/aromatic N) is 4. The van der Waals surface area contributed by atoms with Gasteiger partial charge in [-0.25, -0.2) is 9.97 Å². The van der Waals surface area contributed by atoms with E-state index < -0.39 is 0 Å². The molecule has 0 radical (unpaired) electrons. The highest BCUT2D eigenvalue weighted by Crippen LogP contribution is 2.21. The Labute approximate surface area is 170 Å². The minimum absolute atomic E-state index is 0.510. The van der Waals surface area contributed by atoms with Crippen LogP contribution >= 0.6 is 11.6 Å². The van der Waals surface area contributed by atoms with Gasteiger partial charge in [0, 0.05) is 45.8 Å². The average molecular weight is 397 g/mol. The summed E-state index contributed by atoms with van der Waals surface area (Å²) in [6, 6.07) is 14.1. The molecule has 0 atom stereocenters. The van der Waals surface area contributed by atoms with E-state index in [0.717, 1.165) is 41.2 Å². The normalized spacial score (nSPS) is 11.5. The lowest BCUT2D eigenvalue weighted by Crippen LogP contribution is -2.38. The standard InChI is InChI=1S/C21H25ClN6/c1-23-21(24-11-10-15-8-9-19(22)25-13-15)26-14-16-12-20(28(2)3)27-18-7-5-4-6-17(16)18/h4-9,12-13H,10-11,14H2,1-3H3,(H2,23,24,26). The summed E-state index contributed by atoms with van der Waals surface area (Å²) in [4.78, 5) is 15.1. The lowest BCUT2D eigenvalue weighted by Gasteiger charge is -2.17. The summed E-state index contributed by atoms with van der Waals surface area (Å²) < 4.78 is 0. The number of hydrogen-bond donors (Lipinski definition) is 2. The Morgan fingerprint density at radius 3 is 2.68 bits per heavy atom. The predicted molar refractivity (Wildman–Crippen MR) is 117 cm³/mol. The Bertz CT molecular complexity index is 953. The molecule has 3 rings (SSSR count). The topological polar surface area (TPSA) is 65.4 Å². The maximum atomic E-state index is 5.83. The Morgan fingerprint density at radius 1 is 1.14 bits per heavy atom. The lowest BCUT2D eigenvalue weighted by molar-refractivity contribution is 0.794. The minimum Gasteiger partial charge on any atom is -0.363 e. The number of halogens is 1. The van der Waals surface area contributed by atoms with Gasteiger partial charge < -0.3 is 15.5 Å². The van der Waals surface area contributed by atoms with Crippen LogP contribution in [0.1, 0.15) is 11.1 Å². The number of rotatable bonds is 6. The molecular weight excluding hydrogens is 372 g/mol. The fourth-order valence-electron chi connectivity index (χ4n) is 2.89. The molecule has 0 unspecified atom stereocenters. The third-order valence-corrected chi connectivity index (χ3v) is 4.63. The van der Waals surface area contributed by atoms with Gasteiger partial charge in [0.2, 0.25) is 0 Å². The zero-order valence-corrected chi connectivity index (χ0v) is 17.2. The van der Waals surface area contributed by atoms with Crippen LogP contribution in [-0.4, -0.2) is 43.6 Å². The minimum atomic E-state index is 0.510. The zero-order chi connectivity index (χ0) is 19.9. The van der Waals surface area contributed by atoms with Gasteiger partial charge in [0.05, 0.1) is 5.52 Å². The fraction of sp³-hybridized carbons (Fsp3) is 0.286. The van der Waals surface area contributed by atoms with E-state index >= 15 is 0 Å². The van der Waals surface area contributed by atoms with Crippen molar-refractivity contribution in [1.82, 2.24) is 20.6 Å². The van der Waals surface area contributed by atoms with Crippen molar-refractivity contribution in [3.63, 3.8) is 0 Å². The van der Waals surface area contributed by atoms with Crippen LogP contribution in [0.15, 0.2) is 53.7 Å². The van der Waals surface area contributed by atoms with E-state index in [1.54, 1.807) is 19.3 Å². The third-order valence-electron chi connectivity index (χ3n) is 4.41. The number of hydrogen-bond acceptors (Lipinski definition) is 4. The van der Waals surface area contributed by atoms with Gasteiger partial charge in [0.25, 0.3) is 0 Å². The van der Waals surface area contributed by atoms with Crippen molar-refractivity contribution in [3.05, 3.63) is 64.9 Å². The SMILES string of the molecule is CN=C(NCCc1ccc(Cl)nc1)NCc1cc(N(C)C)nc2ccccc12. The van der Waals surface area contributed by atoms with Gasteiger partial charge >= 0.3 is 0 Å². The number of fused-ring (bicyclic) bond motifs is 1. The average Bonchev–Trinajstić information content (AvgIpc) is 2.71. The fourth-order valence-corrected chi connectivity index (χ4v) is 3.00. The van der Waals surface area contributed by atoms with E-state index in [0.29, 0.717) is 11.7 Å². The van der Waals surface area contributed by atoms with Crippen molar-refractivity contribution in [2.45, 2.75) is 13.0 Å². The van der Waals surface area contributed by atoms with Crippen molar-refractivity contribution in [2.75, 3.05) is 32.6 Å². The van der Waals surface area contributed by atoms with Gasteiger partial charge in [-0.15, -0.1) is 0 Å². The molecular formula is C21H25ClN6. The van der Waals surface area contributed by atoms with E-state index in [9.17, 15) is 0 Å². The first-order valence-electron chi connectivity index (χ1n) is 9.18. The number of anilines is 1. The summed E-state index contributed by atoms with van der Waals surface area (Å²) in [6.07, 6.45) is 2.64. The molecule has 2 heterocycles. The van der Waals surface area contributed by atoms with Crippen LogP contribution < -0.4 is 15.5 Å². The van der Waals surface area contributed by atoms with Crippen LogP contribution in [0.4, 0.5) is 5.82 Å².